The predicted octanol–water partition coefficient (Wildman–Crippen LogP) is 2.73. The summed E-state index contributed by atoms with van der Waals surface area (Å²) < 4.78 is 37.6. The molecule has 0 aliphatic rings. The van der Waals surface area contributed by atoms with E-state index in [0.717, 1.165) is 6.07 Å². The van der Waals surface area contributed by atoms with Gasteiger partial charge in [0.05, 0.1) is 15.5 Å². The Hall–Kier alpha value is -1.34. The number of benzene rings is 1. The van der Waals surface area contributed by atoms with E-state index in [1.807, 2.05) is 0 Å². The Morgan fingerprint density at radius 2 is 2.00 bits per heavy atom. The third kappa shape index (κ3) is 2.42. The van der Waals surface area contributed by atoms with E-state index >= 15 is 0 Å². The number of nitro groups is 1. The molecule has 4 nitrogen and oxygen atoms in total. The fourth-order valence-electron chi connectivity index (χ4n) is 1.19. The predicted molar refractivity (Wildman–Crippen MR) is 51.0 cm³/mol. The van der Waals surface area contributed by atoms with Crippen molar-refractivity contribution in [1.82, 2.24) is 0 Å². The number of halogens is 4. The number of hydrogen-bond donors (Lipinski definition) is 1. The molecule has 1 rings (SSSR count). The van der Waals surface area contributed by atoms with Crippen LogP contribution in [0.2, 0.25) is 5.02 Å². The molecule has 0 atom stereocenters. The monoisotopic (exact) mass is 254 g/mol. The second-order valence-electron chi connectivity index (χ2n) is 2.91. The molecule has 0 aliphatic heterocycles. The minimum absolute atomic E-state index is 0.347. The van der Waals surface area contributed by atoms with Gasteiger partial charge in [-0.3, -0.25) is 10.1 Å². The smallest absolute Gasteiger partial charge is 0.326 e. The summed E-state index contributed by atoms with van der Waals surface area (Å²) in [6, 6.07) is 1.27. The van der Waals surface area contributed by atoms with Gasteiger partial charge in [-0.2, -0.15) is 13.2 Å². The Kier molecular flexibility index (Phi) is 3.39. The summed E-state index contributed by atoms with van der Waals surface area (Å²) in [5.41, 5.74) is 2.89. The summed E-state index contributed by atoms with van der Waals surface area (Å²) in [4.78, 5) is 9.44. The van der Waals surface area contributed by atoms with Crippen molar-refractivity contribution in [3.8, 4) is 0 Å². The van der Waals surface area contributed by atoms with Gasteiger partial charge in [0.15, 0.2) is 0 Å². The first-order chi connectivity index (χ1) is 7.27. The van der Waals surface area contributed by atoms with E-state index in [1.165, 1.54) is 0 Å². The summed E-state index contributed by atoms with van der Waals surface area (Å²) in [6.45, 7) is -0.439. The van der Waals surface area contributed by atoms with Gasteiger partial charge in [0.2, 0.25) is 0 Å². The Balaban J connectivity index is 3.49. The van der Waals surface area contributed by atoms with E-state index in [-0.39, 0.29) is 10.6 Å². The summed E-state index contributed by atoms with van der Waals surface area (Å²) in [7, 11) is 0. The van der Waals surface area contributed by atoms with E-state index in [2.05, 4.69) is 0 Å². The zero-order valence-electron chi connectivity index (χ0n) is 7.71. The van der Waals surface area contributed by atoms with Crippen molar-refractivity contribution in [3.05, 3.63) is 38.4 Å². The first kappa shape index (κ1) is 12.7. The van der Waals surface area contributed by atoms with Gasteiger partial charge in [-0.25, -0.2) is 0 Å². The molecule has 0 saturated heterocycles. The highest BCUT2D eigenvalue weighted by Gasteiger charge is 2.35. The molecule has 1 aromatic rings. The number of non-ortho nitro benzene ring substituents is 1. The molecule has 0 spiro atoms. The summed E-state index contributed by atoms with van der Waals surface area (Å²) in [6.07, 6.45) is -4.72. The maximum atomic E-state index is 12.5. The molecule has 88 valence electrons. The van der Waals surface area contributed by atoms with Crippen LogP contribution in [0.5, 0.6) is 0 Å². The van der Waals surface area contributed by atoms with Crippen LogP contribution < -0.4 is 5.73 Å². The van der Waals surface area contributed by atoms with E-state index in [4.69, 9.17) is 17.3 Å². The van der Waals surface area contributed by atoms with Crippen LogP contribution in [-0.2, 0) is 12.7 Å². The lowest BCUT2D eigenvalue weighted by Crippen LogP contribution is -2.13. The molecule has 0 aromatic heterocycles. The minimum atomic E-state index is -4.72. The number of rotatable bonds is 2. The van der Waals surface area contributed by atoms with Crippen LogP contribution in [0, 0.1) is 10.1 Å². The lowest BCUT2D eigenvalue weighted by atomic mass is 10.1. The number of nitrogens with zero attached hydrogens (tertiary/aromatic N) is 1. The normalized spacial score (nSPS) is 11.6. The van der Waals surface area contributed by atoms with Gasteiger partial charge in [0.25, 0.3) is 5.69 Å². The Morgan fingerprint density at radius 1 is 1.44 bits per heavy atom. The van der Waals surface area contributed by atoms with Gasteiger partial charge in [-0.05, 0) is 5.56 Å². The number of nitrogens with two attached hydrogens (primary N) is 1. The maximum absolute atomic E-state index is 12.5. The molecule has 0 aliphatic carbocycles. The first-order valence-electron chi connectivity index (χ1n) is 4.01. The van der Waals surface area contributed by atoms with Gasteiger partial charge in [0.1, 0.15) is 0 Å². The minimum Gasteiger partial charge on any atom is -0.326 e. The number of nitro benzene ring substituents is 1. The second kappa shape index (κ2) is 4.26. The third-order valence-electron chi connectivity index (χ3n) is 1.90. The molecule has 0 radical (unpaired) electrons. The van der Waals surface area contributed by atoms with Gasteiger partial charge in [-0.1, -0.05) is 11.6 Å². The highest BCUT2D eigenvalue weighted by molar-refractivity contribution is 6.31. The molecule has 16 heavy (non-hydrogen) atoms. The van der Waals surface area contributed by atoms with Crippen LogP contribution in [0.1, 0.15) is 11.1 Å². The summed E-state index contributed by atoms with van der Waals surface area (Å²) in [5.74, 6) is 0. The molecule has 0 unspecified atom stereocenters. The second-order valence-corrected chi connectivity index (χ2v) is 3.32. The SMILES string of the molecule is NCc1c(Cl)cc([N+](=O)[O-])cc1C(F)(F)F. The maximum Gasteiger partial charge on any atom is 0.417 e. The molecule has 0 saturated carbocycles. The summed E-state index contributed by atoms with van der Waals surface area (Å²) >= 11 is 5.50. The lowest BCUT2D eigenvalue weighted by Gasteiger charge is -2.12. The number of hydrogen-bond acceptors (Lipinski definition) is 3. The Morgan fingerprint density at radius 3 is 2.38 bits per heavy atom. The van der Waals surface area contributed by atoms with E-state index < -0.39 is 28.9 Å². The lowest BCUT2D eigenvalue weighted by molar-refractivity contribution is -0.385. The van der Waals surface area contributed by atoms with Gasteiger partial charge < -0.3 is 5.73 Å². The van der Waals surface area contributed by atoms with Crippen LogP contribution >= 0.6 is 11.6 Å². The van der Waals surface area contributed by atoms with Crippen molar-refractivity contribution in [2.75, 3.05) is 0 Å². The molecule has 0 heterocycles. The van der Waals surface area contributed by atoms with Gasteiger partial charge in [-0.15, -0.1) is 0 Å². The fourth-order valence-corrected chi connectivity index (χ4v) is 1.48. The quantitative estimate of drug-likeness (QED) is 0.652. The highest BCUT2D eigenvalue weighted by Crippen LogP contribution is 2.37. The van der Waals surface area contributed by atoms with Gasteiger partial charge in [0, 0.05) is 18.7 Å². The average Bonchev–Trinajstić information content (AvgIpc) is 2.14. The highest BCUT2D eigenvalue weighted by atomic mass is 35.5. The van der Waals surface area contributed by atoms with Crippen LogP contribution in [0.4, 0.5) is 18.9 Å². The zero-order chi connectivity index (χ0) is 12.5. The molecule has 0 bridgehead atoms. The van der Waals surface area contributed by atoms with Crippen molar-refractivity contribution < 1.29 is 18.1 Å². The van der Waals surface area contributed by atoms with Crippen LogP contribution in [0.25, 0.3) is 0 Å². The van der Waals surface area contributed by atoms with E-state index in [1.54, 1.807) is 0 Å². The molecule has 1 aromatic carbocycles. The molecular formula is C8H6ClF3N2O2. The van der Waals surface area contributed by atoms with Crippen molar-refractivity contribution in [3.63, 3.8) is 0 Å². The average molecular weight is 255 g/mol. The molecule has 0 amide bonds. The van der Waals surface area contributed by atoms with Crippen LogP contribution in [-0.4, -0.2) is 4.92 Å². The third-order valence-corrected chi connectivity index (χ3v) is 2.24. The Labute approximate surface area is 93.0 Å². The van der Waals surface area contributed by atoms with E-state index in [0.29, 0.717) is 6.07 Å². The largest absolute Gasteiger partial charge is 0.417 e. The van der Waals surface area contributed by atoms with E-state index in [9.17, 15) is 23.3 Å². The van der Waals surface area contributed by atoms with Crippen molar-refractivity contribution in [2.24, 2.45) is 5.73 Å². The van der Waals surface area contributed by atoms with Gasteiger partial charge >= 0.3 is 6.18 Å². The number of alkyl halides is 3. The van der Waals surface area contributed by atoms with Crippen molar-refractivity contribution in [1.29, 1.82) is 0 Å². The first-order valence-corrected chi connectivity index (χ1v) is 4.39. The molecule has 2 N–H and O–H groups in total. The topological polar surface area (TPSA) is 69.2 Å². The fraction of sp³-hybridized carbons (Fsp3) is 0.250. The Bertz CT molecular complexity index is 434. The standard InChI is InChI=1S/C8H6ClF3N2O2/c9-7-2-4(14(15)16)1-6(5(7)3-13)8(10,11)12/h1-2H,3,13H2. The molecule has 0 fully saturated rings. The summed E-state index contributed by atoms with van der Waals surface area (Å²) in [5, 5.41) is 10.0. The van der Waals surface area contributed by atoms with Crippen LogP contribution in [0.15, 0.2) is 12.1 Å². The zero-order valence-corrected chi connectivity index (χ0v) is 8.47. The van der Waals surface area contributed by atoms with Crippen LogP contribution in [0.3, 0.4) is 0 Å². The van der Waals surface area contributed by atoms with Crippen molar-refractivity contribution >= 4 is 17.3 Å². The molecule has 8 heteroatoms. The van der Waals surface area contributed by atoms with Crippen molar-refractivity contribution in [2.45, 2.75) is 12.7 Å². The molecular weight excluding hydrogens is 249 g/mol.